The molecule has 29 heavy (non-hydrogen) atoms. The van der Waals surface area contributed by atoms with Gasteiger partial charge in [0.1, 0.15) is 18.3 Å². The van der Waals surface area contributed by atoms with Crippen LogP contribution < -0.4 is 21.7 Å². The molecule has 0 heterocycles. The van der Waals surface area contributed by atoms with Crippen LogP contribution in [0.25, 0.3) is 0 Å². The lowest BCUT2D eigenvalue weighted by molar-refractivity contribution is -0.138. The molecule has 0 aliphatic rings. The van der Waals surface area contributed by atoms with Gasteiger partial charge in [-0.05, 0) is 30.5 Å². The van der Waals surface area contributed by atoms with Gasteiger partial charge in [0.05, 0.1) is 6.54 Å². The Morgan fingerprint density at radius 2 is 1.59 bits per heavy atom. The van der Waals surface area contributed by atoms with Gasteiger partial charge in [-0.1, -0.05) is 12.1 Å². The Bertz CT molecular complexity index is 749. The molecule has 11 nitrogen and oxygen atoms in total. The highest BCUT2D eigenvalue weighted by Gasteiger charge is 2.22. The molecule has 0 spiro atoms. The number of aromatic hydroxyl groups is 1. The SMILES string of the molecule is NC(=O)CC[C@H](NC(=O)CNC(=O)CCc1ccc(O)cc1)C(=O)NCC(=O)O. The van der Waals surface area contributed by atoms with E-state index in [-0.39, 0.29) is 25.0 Å². The molecule has 1 rings (SSSR count). The fourth-order valence-electron chi connectivity index (χ4n) is 2.27. The minimum atomic E-state index is -1.26. The molecular weight excluding hydrogens is 384 g/mol. The maximum atomic E-state index is 12.0. The van der Waals surface area contributed by atoms with E-state index in [0.717, 1.165) is 5.56 Å². The first-order chi connectivity index (χ1) is 13.7. The summed E-state index contributed by atoms with van der Waals surface area (Å²) >= 11 is 0. The van der Waals surface area contributed by atoms with Gasteiger partial charge in [-0.15, -0.1) is 0 Å². The number of carboxylic acid groups (broad SMARTS) is 1. The number of carbonyl (C=O) groups excluding carboxylic acids is 4. The highest BCUT2D eigenvalue weighted by Crippen LogP contribution is 2.10. The number of phenolic OH excluding ortho intramolecular Hbond substituents is 1. The summed E-state index contributed by atoms with van der Waals surface area (Å²) < 4.78 is 0. The van der Waals surface area contributed by atoms with E-state index in [1.165, 1.54) is 12.1 Å². The van der Waals surface area contributed by atoms with Crippen LogP contribution in [-0.2, 0) is 30.4 Å². The van der Waals surface area contributed by atoms with Crippen molar-refractivity contribution in [2.24, 2.45) is 5.73 Å². The van der Waals surface area contributed by atoms with Gasteiger partial charge in [-0.25, -0.2) is 0 Å². The van der Waals surface area contributed by atoms with Gasteiger partial charge >= 0.3 is 5.97 Å². The molecule has 4 amide bonds. The van der Waals surface area contributed by atoms with Crippen molar-refractivity contribution in [1.29, 1.82) is 0 Å². The number of primary amides is 1. The highest BCUT2D eigenvalue weighted by atomic mass is 16.4. The standard InChI is InChI=1S/C18H24N4O7/c19-14(24)7-6-13(18(29)21-10-17(27)28)22-16(26)9-20-15(25)8-3-11-1-4-12(23)5-2-11/h1-2,4-5,13,23H,3,6-10H2,(H2,19,24)(H,20,25)(H,21,29)(H,22,26)(H,27,28)/t13-/m0/s1. The summed E-state index contributed by atoms with van der Waals surface area (Å²) in [5.41, 5.74) is 5.87. The average molecular weight is 408 g/mol. The normalized spacial score (nSPS) is 11.2. The van der Waals surface area contributed by atoms with Crippen molar-refractivity contribution in [3.8, 4) is 5.75 Å². The Kier molecular flexibility index (Phi) is 9.65. The number of amides is 4. The smallest absolute Gasteiger partial charge is 0.322 e. The zero-order valence-electron chi connectivity index (χ0n) is 15.6. The third-order valence-corrected chi connectivity index (χ3v) is 3.77. The summed E-state index contributed by atoms with van der Waals surface area (Å²) in [4.78, 5) is 57.3. The number of hydrogen-bond donors (Lipinski definition) is 6. The molecule has 0 aromatic heterocycles. The predicted molar refractivity (Wildman–Crippen MR) is 100 cm³/mol. The molecular formula is C18H24N4O7. The van der Waals surface area contributed by atoms with Crippen molar-refractivity contribution in [3.05, 3.63) is 29.8 Å². The van der Waals surface area contributed by atoms with Crippen LogP contribution in [0, 0.1) is 0 Å². The lowest BCUT2D eigenvalue weighted by atomic mass is 10.1. The fourth-order valence-corrected chi connectivity index (χ4v) is 2.27. The van der Waals surface area contributed by atoms with Gasteiger partial charge in [0.25, 0.3) is 0 Å². The molecule has 0 radical (unpaired) electrons. The summed E-state index contributed by atoms with van der Waals surface area (Å²) in [6.07, 6.45) is 0.223. The molecule has 0 saturated heterocycles. The Morgan fingerprint density at radius 3 is 2.17 bits per heavy atom. The molecule has 0 fully saturated rings. The number of hydrogen-bond acceptors (Lipinski definition) is 6. The lowest BCUT2D eigenvalue weighted by Gasteiger charge is -2.17. The van der Waals surface area contributed by atoms with Crippen LogP contribution in [0.1, 0.15) is 24.8 Å². The molecule has 1 atom stereocenters. The fraction of sp³-hybridized carbons (Fsp3) is 0.389. The lowest BCUT2D eigenvalue weighted by Crippen LogP contribution is -2.50. The zero-order chi connectivity index (χ0) is 21.8. The number of carboxylic acids is 1. The molecule has 11 heteroatoms. The number of nitrogens with one attached hydrogen (secondary N) is 3. The van der Waals surface area contributed by atoms with E-state index in [4.69, 9.17) is 10.8 Å². The number of carbonyl (C=O) groups is 5. The highest BCUT2D eigenvalue weighted by molar-refractivity contribution is 5.91. The largest absolute Gasteiger partial charge is 0.508 e. The van der Waals surface area contributed by atoms with Gasteiger partial charge in [0.15, 0.2) is 0 Å². The van der Waals surface area contributed by atoms with Gasteiger partial charge in [0, 0.05) is 12.8 Å². The van der Waals surface area contributed by atoms with Crippen molar-refractivity contribution in [3.63, 3.8) is 0 Å². The van der Waals surface area contributed by atoms with E-state index >= 15 is 0 Å². The molecule has 0 aliphatic heterocycles. The number of aliphatic carboxylic acids is 1. The van der Waals surface area contributed by atoms with E-state index in [1.807, 2.05) is 0 Å². The monoisotopic (exact) mass is 408 g/mol. The number of rotatable bonds is 12. The van der Waals surface area contributed by atoms with Crippen LogP contribution in [0.3, 0.4) is 0 Å². The van der Waals surface area contributed by atoms with Crippen LogP contribution in [0.4, 0.5) is 0 Å². The van der Waals surface area contributed by atoms with E-state index < -0.39 is 48.7 Å². The first-order valence-corrected chi connectivity index (χ1v) is 8.79. The van der Waals surface area contributed by atoms with E-state index in [9.17, 15) is 29.1 Å². The van der Waals surface area contributed by atoms with Gasteiger partial charge in [-0.3, -0.25) is 24.0 Å². The van der Waals surface area contributed by atoms with Crippen molar-refractivity contribution >= 4 is 29.6 Å². The van der Waals surface area contributed by atoms with Crippen LogP contribution in [-0.4, -0.2) is 58.9 Å². The Balaban J connectivity index is 2.45. The maximum absolute atomic E-state index is 12.0. The van der Waals surface area contributed by atoms with Crippen molar-refractivity contribution < 1.29 is 34.2 Å². The second-order valence-electron chi connectivity index (χ2n) is 6.18. The quantitative estimate of drug-likeness (QED) is 0.240. The molecule has 1 aromatic rings. The minimum absolute atomic E-state index is 0.110. The molecule has 0 saturated carbocycles. The third kappa shape index (κ3) is 10.3. The van der Waals surface area contributed by atoms with Crippen LogP contribution >= 0.6 is 0 Å². The van der Waals surface area contributed by atoms with Crippen molar-refractivity contribution in [1.82, 2.24) is 16.0 Å². The van der Waals surface area contributed by atoms with Gasteiger partial charge in [-0.2, -0.15) is 0 Å². The molecule has 0 aliphatic carbocycles. The Labute approximate surface area is 166 Å². The maximum Gasteiger partial charge on any atom is 0.322 e. The minimum Gasteiger partial charge on any atom is -0.508 e. The third-order valence-electron chi connectivity index (χ3n) is 3.77. The van der Waals surface area contributed by atoms with Crippen molar-refractivity contribution in [2.75, 3.05) is 13.1 Å². The van der Waals surface area contributed by atoms with E-state index in [0.29, 0.717) is 6.42 Å². The van der Waals surface area contributed by atoms with Gasteiger partial charge < -0.3 is 31.9 Å². The van der Waals surface area contributed by atoms with E-state index in [2.05, 4.69) is 16.0 Å². The topological polar surface area (TPSA) is 188 Å². The molecule has 158 valence electrons. The second kappa shape index (κ2) is 12.0. The average Bonchev–Trinajstić information content (AvgIpc) is 2.67. The van der Waals surface area contributed by atoms with Gasteiger partial charge in [0.2, 0.25) is 23.6 Å². The predicted octanol–water partition coefficient (Wildman–Crippen LogP) is -1.61. The van der Waals surface area contributed by atoms with Crippen LogP contribution in [0.5, 0.6) is 5.75 Å². The first kappa shape index (κ1) is 23.4. The summed E-state index contributed by atoms with van der Waals surface area (Å²) in [5.74, 6) is -3.67. The Morgan fingerprint density at radius 1 is 0.931 bits per heavy atom. The summed E-state index contributed by atoms with van der Waals surface area (Å²) in [6.45, 7) is -1.04. The van der Waals surface area contributed by atoms with E-state index in [1.54, 1.807) is 12.1 Å². The number of benzene rings is 1. The number of phenols is 1. The van der Waals surface area contributed by atoms with Crippen LogP contribution in [0.2, 0.25) is 0 Å². The second-order valence-corrected chi connectivity index (χ2v) is 6.18. The molecule has 0 unspecified atom stereocenters. The molecule has 0 bridgehead atoms. The number of nitrogens with two attached hydrogens (primary N) is 1. The van der Waals surface area contributed by atoms with Crippen molar-refractivity contribution in [2.45, 2.75) is 31.7 Å². The molecule has 7 N–H and O–H groups in total. The summed E-state index contributed by atoms with van der Waals surface area (Å²) in [6, 6.07) is 5.19. The number of aryl methyl sites for hydroxylation is 1. The Hall–Kier alpha value is -3.63. The summed E-state index contributed by atoms with van der Waals surface area (Å²) in [5, 5.41) is 24.7. The first-order valence-electron chi connectivity index (χ1n) is 8.79. The van der Waals surface area contributed by atoms with Crippen LogP contribution in [0.15, 0.2) is 24.3 Å². The summed E-state index contributed by atoms with van der Waals surface area (Å²) in [7, 11) is 0. The molecule has 1 aromatic carbocycles. The zero-order valence-corrected chi connectivity index (χ0v) is 15.6.